The van der Waals surface area contributed by atoms with Crippen LogP contribution in [0.3, 0.4) is 0 Å². The molecule has 0 amide bonds. The minimum Gasteiger partial charge on any atom is -0.0984 e. The lowest BCUT2D eigenvalue weighted by Gasteiger charge is -1.99. The van der Waals surface area contributed by atoms with Crippen molar-refractivity contribution in [1.82, 2.24) is 0 Å². The molecule has 66 valence electrons. The lowest BCUT2D eigenvalue weighted by atomic mass is 10.1. The van der Waals surface area contributed by atoms with E-state index in [0.717, 1.165) is 5.57 Å². The van der Waals surface area contributed by atoms with Crippen LogP contribution in [-0.4, -0.2) is 0 Å². The van der Waals surface area contributed by atoms with Gasteiger partial charge in [0.25, 0.3) is 0 Å². The van der Waals surface area contributed by atoms with Gasteiger partial charge in [0.1, 0.15) is 0 Å². The van der Waals surface area contributed by atoms with Crippen molar-refractivity contribution in [3.8, 4) is 0 Å². The fraction of sp³-hybridized carbons (Fsp3) is 0.0769. The molecule has 0 N–H and O–H groups in total. The number of rotatable bonds is 3. The second-order valence-corrected chi connectivity index (χ2v) is 2.72. The maximum atomic E-state index is 3.79. The van der Waals surface area contributed by atoms with Crippen molar-refractivity contribution < 1.29 is 0 Å². The van der Waals surface area contributed by atoms with Crippen LogP contribution in [0, 0.1) is 0 Å². The Labute approximate surface area is 79.9 Å². The maximum absolute atomic E-state index is 3.79. The van der Waals surface area contributed by atoms with Gasteiger partial charge in [-0.25, -0.2) is 0 Å². The van der Waals surface area contributed by atoms with Crippen LogP contribution in [-0.2, 0) is 0 Å². The highest BCUT2D eigenvalue weighted by atomic mass is 14.0. The Morgan fingerprint density at radius 2 is 1.92 bits per heavy atom. The van der Waals surface area contributed by atoms with Gasteiger partial charge in [0.05, 0.1) is 0 Å². The summed E-state index contributed by atoms with van der Waals surface area (Å²) in [4.78, 5) is 0. The fourth-order valence-electron chi connectivity index (χ4n) is 1.11. The Morgan fingerprint density at radius 1 is 1.23 bits per heavy atom. The Morgan fingerprint density at radius 3 is 2.46 bits per heavy atom. The zero-order valence-corrected chi connectivity index (χ0v) is 7.90. The van der Waals surface area contributed by atoms with Gasteiger partial charge in [0.2, 0.25) is 0 Å². The zero-order valence-electron chi connectivity index (χ0n) is 7.90. The van der Waals surface area contributed by atoms with E-state index in [1.54, 1.807) is 0 Å². The molecule has 0 aliphatic rings. The summed E-state index contributed by atoms with van der Waals surface area (Å²) in [6, 6.07) is 10.2. The van der Waals surface area contributed by atoms with Crippen LogP contribution in [0.15, 0.2) is 61.2 Å². The average molecular weight is 170 g/mol. The van der Waals surface area contributed by atoms with Gasteiger partial charge >= 0.3 is 0 Å². The molecule has 0 atom stereocenters. The summed E-state index contributed by atoms with van der Waals surface area (Å²) in [5.74, 6) is 0. The molecule has 0 spiro atoms. The van der Waals surface area contributed by atoms with E-state index in [0.29, 0.717) is 0 Å². The highest BCUT2D eigenvalue weighted by Crippen LogP contribution is 2.14. The van der Waals surface area contributed by atoms with Gasteiger partial charge in [-0.3, -0.25) is 0 Å². The predicted molar refractivity (Wildman–Crippen MR) is 59.4 cm³/mol. The molecule has 0 radical (unpaired) electrons. The molecule has 1 rings (SSSR count). The minimum atomic E-state index is 1.15. The van der Waals surface area contributed by atoms with Crippen molar-refractivity contribution in [1.29, 1.82) is 0 Å². The van der Waals surface area contributed by atoms with Gasteiger partial charge in [0, 0.05) is 0 Å². The Balaban J connectivity index is 2.98. The second kappa shape index (κ2) is 5.15. The Kier molecular flexibility index (Phi) is 3.77. The van der Waals surface area contributed by atoms with E-state index in [-0.39, 0.29) is 0 Å². The van der Waals surface area contributed by atoms with E-state index >= 15 is 0 Å². The van der Waals surface area contributed by atoms with E-state index in [1.165, 1.54) is 5.56 Å². The Hall–Kier alpha value is -1.56. The van der Waals surface area contributed by atoms with Crippen LogP contribution in [0.1, 0.15) is 12.5 Å². The highest BCUT2D eigenvalue weighted by molar-refractivity contribution is 5.74. The zero-order chi connectivity index (χ0) is 9.52. The molecule has 0 aliphatic heterocycles. The van der Waals surface area contributed by atoms with Crippen molar-refractivity contribution in [2.45, 2.75) is 6.92 Å². The molecule has 0 aromatic heterocycles. The summed E-state index contributed by atoms with van der Waals surface area (Å²) in [6.45, 7) is 5.79. The molecule has 0 nitrogen and oxygen atoms in total. The number of allylic oxidation sites excluding steroid dienone is 5. The normalized spacial score (nSPS) is 11.9. The van der Waals surface area contributed by atoms with Crippen LogP contribution in [0.25, 0.3) is 5.57 Å². The lowest BCUT2D eigenvalue weighted by Crippen LogP contribution is -1.77. The topological polar surface area (TPSA) is 0 Å². The highest BCUT2D eigenvalue weighted by Gasteiger charge is 1.92. The maximum Gasteiger partial charge on any atom is -0.0184 e. The smallest absolute Gasteiger partial charge is 0.0184 e. The van der Waals surface area contributed by atoms with Crippen LogP contribution in [0.5, 0.6) is 0 Å². The molecule has 13 heavy (non-hydrogen) atoms. The summed E-state index contributed by atoms with van der Waals surface area (Å²) in [5, 5.41) is 0. The van der Waals surface area contributed by atoms with E-state index in [1.807, 2.05) is 43.4 Å². The van der Waals surface area contributed by atoms with Crippen molar-refractivity contribution in [2.24, 2.45) is 0 Å². The van der Waals surface area contributed by atoms with Crippen molar-refractivity contribution >= 4 is 5.57 Å². The molecule has 0 unspecified atom stereocenters. The van der Waals surface area contributed by atoms with Gasteiger partial charge in [0.15, 0.2) is 0 Å². The monoisotopic (exact) mass is 170 g/mol. The van der Waals surface area contributed by atoms with Gasteiger partial charge in [-0.1, -0.05) is 61.2 Å². The van der Waals surface area contributed by atoms with Crippen molar-refractivity contribution in [3.63, 3.8) is 0 Å². The third-order valence-electron chi connectivity index (χ3n) is 1.80. The van der Waals surface area contributed by atoms with E-state index in [9.17, 15) is 0 Å². The molecule has 0 bridgehead atoms. The summed E-state index contributed by atoms with van der Waals surface area (Å²) < 4.78 is 0. The minimum absolute atomic E-state index is 1.15. The molecule has 0 fully saturated rings. The first-order chi connectivity index (χ1) is 6.38. The quantitative estimate of drug-likeness (QED) is 0.605. The predicted octanol–water partition coefficient (Wildman–Crippen LogP) is 3.83. The average Bonchev–Trinajstić information content (AvgIpc) is 2.21. The molecule has 1 aromatic carbocycles. The van der Waals surface area contributed by atoms with Gasteiger partial charge < -0.3 is 0 Å². The molecule has 0 heteroatoms. The van der Waals surface area contributed by atoms with E-state index in [2.05, 4.69) is 24.8 Å². The van der Waals surface area contributed by atoms with Gasteiger partial charge in [-0.2, -0.15) is 0 Å². The number of hydrogen-bond acceptors (Lipinski definition) is 0. The first-order valence-electron chi connectivity index (χ1n) is 4.39. The second-order valence-electron chi connectivity index (χ2n) is 2.72. The molecular formula is C13H14. The van der Waals surface area contributed by atoms with Crippen molar-refractivity contribution in [2.75, 3.05) is 0 Å². The third kappa shape index (κ3) is 2.75. The van der Waals surface area contributed by atoms with Crippen molar-refractivity contribution in [3.05, 3.63) is 66.8 Å². The molecule has 0 heterocycles. The van der Waals surface area contributed by atoms with E-state index in [4.69, 9.17) is 0 Å². The number of hydrogen-bond donors (Lipinski definition) is 0. The molecule has 0 saturated heterocycles. The Bertz CT molecular complexity index is 315. The van der Waals surface area contributed by atoms with Crippen LogP contribution < -0.4 is 0 Å². The van der Waals surface area contributed by atoms with Gasteiger partial charge in [-0.15, -0.1) is 0 Å². The van der Waals surface area contributed by atoms with E-state index < -0.39 is 0 Å². The van der Waals surface area contributed by atoms with Crippen LogP contribution >= 0.6 is 0 Å². The molecular weight excluding hydrogens is 156 g/mol. The first kappa shape index (κ1) is 9.53. The van der Waals surface area contributed by atoms with Gasteiger partial charge in [-0.05, 0) is 18.1 Å². The fourth-order valence-corrected chi connectivity index (χ4v) is 1.11. The number of benzene rings is 1. The molecule has 0 saturated carbocycles. The summed E-state index contributed by atoms with van der Waals surface area (Å²) in [7, 11) is 0. The summed E-state index contributed by atoms with van der Waals surface area (Å²) in [5.41, 5.74) is 2.36. The third-order valence-corrected chi connectivity index (χ3v) is 1.80. The molecule has 0 aliphatic carbocycles. The standard InChI is InChI=1S/C13H14/c1-3-5-9-12(4-2)13-10-7-6-8-11-13/h3-11H,2H2,1H3/b5-3+,12-9+. The van der Waals surface area contributed by atoms with Crippen LogP contribution in [0.4, 0.5) is 0 Å². The summed E-state index contributed by atoms with van der Waals surface area (Å²) in [6.07, 6.45) is 7.95. The van der Waals surface area contributed by atoms with Crippen LogP contribution in [0.2, 0.25) is 0 Å². The molecule has 1 aromatic rings. The SMILES string of the molecule is C=C/C(=C\C=C\C)c1ccccc1. The first-order valence-corrected chi connectivity index (χ1v) is 4.39. The largest absolute Gasteiger partial charge is 0.0984 e. The summed E-state index contributed by atoms with van der Waals surface area (Å²) >= 11 is 0. The lowest BCUT2D eigenvalue weighted by molar-refractivity contribution is 1.62.